The fourth-order valence-electron chi connectivity index (χ4n) is 1.12. The molecule has 0 aliphatic rings. The summed E-state index contributed by atoms with van der Waals surface area (Å²) in [7, 11) is 0. The van der Waals surface area contributed by atoms with Gasteiger partial charge in [0.05, 0.1) is 5.02 Å². The average Bonchev–Trinajstić information content (AvgIpc) is 2.17. The van der Waals surface area contributed by atoms with Crippen molar-refractivity contribution in [1.82, 2.24) is 0 Å². The zero-order valence-electron chi connectivity index (χ0n) is 7.56. The first-order chi connectivity index (χ1) is 6.57. The minimum absolute atomic E-state index is 0.125. The molecule has 1 unspecified atom stereocenters. The van der Waals surface area contributed by atoms with Gasteiger partial charge >= 0.3 is 0 Å². The van der Waals surface area contributed by atoms with Gasteiger partial charge in [0, 0.05) is 5.88 Å². The number of alkyl halides is 2. The summed E-state index contributed by atoms with van der Waals surface area (Å²) in [4.78, 5) is 11.1. The lowest BCUT2D eigenvalue weighted by Crippen LogP contribution is -2.03. The van der Waals surface area contributed by atoms with Gasteiger partial charge in [0.25, 0.3) is 0 Å². The third kappa shape index (κ3) is 2.41. The summed E-state index contributed by atoms with van der Waals surface area (Å²) in [5.41, 5.74) is 1.41. The Hall–Kier alpha value is -0.240. The van der Waals surface area contributed by atoms with Crippen molar-refractivity contribution in [3.05, 3.63) is 34.3 Å². The van der Waals surface area contributed by atoms with E-state index in [4.69, 9.17) is 34.8 Å². The lowest BCUT2D eigenvalue weighted by Gasteiger charge is -2.10. The van der Waals surface area contributed by atoms with Crippen molar-refractivity contribution in [2.24, 2.45) is 0 Å². The molecule has 0 amide bonds. The molecule has 0 heterocycles. The van der Waals surface area contributed by atoms with Gasteiger partial charge < -0.3 is 0 Å². The van der Waals surface area contributed by atoms with E-state index >= 15 is 0 Å². The molecule has 1 atom stereocenters. The van der Waals surface area contributed by atoms with Gasteiger partial charge in [-0.1, -0.05) is 29.8 Å². The zero-order chi connectivity index (χ0) is 10.7. The minimum atomic E-state index is -0.689. The molecule has 1 aromatic rings. The molecule has 1 nitrogen and oxygen atoms in total. The summed E-state index contributed by atoms with van der Waals surface area (Å²) in [6.45, 7) is 1.43. The van der Waals surface area contributed by atoms with Gasteiger partial charge in [-0.15, -0.1) is 23.2 Å². The standard InChI is InChI=1S/C10H9Cl3O/c1-6(14)9(12)8-4-2-3-7(5-11)10(8)13/h2-4,9H,5H2,1H3. The second kappa shape index (κ2) is 5.01. The summed E-state index contributed by atoms with van der Waals surface area (Å²) in [5.74, 6) is 0.189. The summed E-state index contributed by atoms with van der Waals surface area (Å²) >= 11 is 17.6. The number of carbonyl (C=O) groups is 1. The highest BCUT2D eigenvalue weighted by Crippen LogP contribution is 2.31. The predicted octanol–water partition coefficient (Wildman–Crippen LogP) is 3.95. The number of carbonyl (C=O) groups excluding carboxylic acids is 1. The van der Waals surface area contributed by atoms with Crippen molar-refractivity contribution < 1.29 is 4.79 Å². The highest BCUT2D eigenvalue weighted by atomic mass is 35.5. The second-order valence-electron chi connectivity index (χ2n) is 2.93. The summed E-state index contributed by atoms with van der Waals surface area (Å²) in [5, 5.41) is -0.205. The van der Waals surface area contributed by atoms with Crippen molar-refractivity contribution in [3.63, 3.8) is 0 Å². The fraction of sp³-hybridized carbons (Fsp3) is 0.300. The highest BCUT2D eigenvalue weighted by molar-refractivity contribution is 6.36. The van der Waals surface area contributed by atoms with Crippen LogP contribution in [0.3, 0.4) is 0 Å². The number of benzene rings is 1. The van der Waals surface area contributed by atoms with E-state index in [-0.39, 0.29) is 5.78 Å². The molecule has 0 bridgehead atoms. The number of hydrogen-bond acceptors (Lipinski definition) is 1. The first kappa shape index (κ1) is 11.8. The molecule has 1 rings (SSSR count). The van der Waals surface area contributed by atoms with Gasteiger partial charge in [-0.3, -0.25) is 4.79 Å². The van der Waals surface area contributed by atoms with Crippen LogP contribution < -0.4 is 0 Å². The second-order valence-corrected chi connectivity index (χ2v) is 4.01. The molecule has 0 radical (unpaired) electrons. The van der Waals surface area contributed by atoms with Gasteiger partial charge in [0.15, 0.2) is 5.78 Å². The Bertz CT molecular complexity index is 349. The molecule has 0 saturated heterocycles. The van der Waals surface area contributed by atoms with E-state index in [1.165, 1.54) is 6.92 Å². The van der Waals surface area contributed by atoms with Crippen LogP contribution in [0.15, 0.2) is 18.2 Å². The van der Waals surface area contributed by atoms with Gasteiger partial charge in [-0.05, 0) is 18.1 Å². The van der Waals surface area contributed by atoms with Crippen LogP contribution >= 0.6 is 34.8 Å². The topological polar surface area (TPSA) is 17.1 Å². The molecule has 0 N–H and O–H groups in total. The molecular weight excluding hydrogens is 242 g/mol. The molecule has 0 saturated carbocycles. The Morgan fingerprint density at radius 1 is 1.50 bits per heavy atom. The van der Waals surface area contributed by atoms with Crippen LogP contribution in [-0.4, -0.2) is 5.78 Å². The van der Waals surface area contributed by atoms with Crippen molar-refractivity contribution in [3.8, 4) is 0 Å². The van der Waals surface area contributed by atoms with E-state index < -0.39 is 5.38 Å². The molecule has 76 valence electrons. The van der Waals surface area contributed by atoms with Crippen LogP contribution in [0.4, 0.5) is 0 Å². The molecule has 4 heteroatoms. The van der Waals surface area contributed by atoms with Gasteiger partial charge in [-0.25, -0.2) is 0 Å². The van der Waals surface area contributed by atoms with E-state index in [9.17, 15) is 4.79 Å². The average molecular weight is 252 g/mol. The first-order valence-corrected chi connectivity index (χ1v) is 5.40. The van der Waals surface area contributed by atoms with Crippen molar-refractivity contribution in [2.45, 2.75) is 18.2 Å². The van der Waals surface area contributed by atoms with Crippen LogP contribution in [0.25, 0.3) is 0 Å². The molecule has 0 fully saturated rings. The van der Waals surface area contributed by atoms with Gasteiger partial charge in [0.1, 0.15) is 5.38 Å². The highest BCUT2D eigenvalue weighted by Gasteiger charge is 2.17. The summed E-state index contributed by atoms with van der Waals surface area (Å²) in [6.07, 6.45) is 0. The molecule has 1 aromatic carbocycles. The summed E-state index contributed by atoms with van der Waals surface area (Å²) in [6, 6.07) is 5.33. The molecule has 0 aliphatic heterocycles. The van der Waals surface area contributed by atoms with E-state index in [2.05, 4.69) is 0 Å². The zero-order valence-corrected chi connectivity index (χ0v) is 9.83. The predicted molar refractivity (Wildman–Crippen MR) is 60.3 cm³/mol. The first-order valence-electron chi connectivity index (χ1n) is 4.05. The number of hydrogen-bond donors (Lipinski definition) is 0. The Balaban J connectivity index is 3.15. The van der Waals surface area contributed by atoms with Gasteiger partial charge in [-0.2, -0.15) is 0 Å². The Morgan fingerprint density at radius 3 is 2.64 bits per heavy atom. The number of Topliss-reactive ketones (excluding diaryl/α,β-unsaturated/α-hetero) is 1. The molecule has 0 aliphatic carbocycles. The maximum atomic E-state index is 11.1. The van der Waals surface area contributed by atoms with Gasteiger partial charge in [0.2, 0.25) is 0 Å². The van der Waals surface area contributed by atoms with Crippen LogP contribution in [0.2, 0.25) is 5.02 Å². The molecular formula is C10H9Cl3O. The maximum Gasteiger partial charge on any atom is 0.152 e. The minimum Gasteiger partial charge on any atom is -0.298 e. The van der Waals surface area contributed by atoms with Crippen molar-refractivity contribution in [1.29, 1.82) is 0 Å². The van der Waals surface area contributed by atoms with Crippen molar-refractivity contribution >= 4 is 40.6 Å². The maximum absolute atomic E-state index is 11.1. The quantitative estimate of drug-likeness (QED) is 0.744. The Kier molecular flexibility index (Phi) is 4.24. The van der Waals surface area contributed by atoms with Crippen LogP contribution in [-0.2, 0) is 10.7 Å². The summed E-state index contributed by atoms with van der Waals surface area (Å²) < 4.78 is 0. The number of ketones is 1. The van der Waals surface area contributed by atoms with Crippen LogP contribution in [0.5, 0.6) is 0 Å². The number of rotatable bonds is 3. The van der Waals surface area contributed by atoms with Crippen LogP contribution in [0.1, 0.15) is 23.4 Å². The van der Waals surface area contributed by atoms with E-state index in [0.29, 0.717) is 16.5 Å². The van der Waals surface area contributed by atoms with E-state index in [0.717, 1.165) is 5.56 Å². The largest absolute Gasteiger partial charge is 0.298 e. The molecule has 0 spiro atoms. The lowest BCUT2D eigenvalue weighted by atomic mass is 10.1. The van der Waals surface area contributed by atoms with E-state index in [1.54, 1.807) is 12.1 Å². The third-order valence-electron chi connectivity index (χ3n) is 1.88. The Morgan fingerprint density at radius 2 is 2.14 bits per heavy atom. The van der Waals surface area contributed by atoms with Crippen molar-refractivity contribution in [2.75, 3.05) is 0 Å². The SMILES string of the molecule is CC(=O)C(Cl)c1cccc(CCl)c1Cl. The molecule has 14 heavy (non-hydrogen) atoms. The molecule has 0 aromatic heterocycles. The normalized spacial score (nSPS) is 12.6. The fourth-order valence-corrected chi connectivity index (χ4v) is 1.95. The third-order valence-corrected chi connectivity index (χ3v) is 3.17. The van der Waals surface area contributed by atoms with E-state index in [1.807, 2.05) is 6.07 Å². The Labute approximate surface area is 98.0 Å². The number of halogens is 3. The van der Waals surface area contributed by atoms with Crippen LogP contribution in [0, 0.1) is 0 Å². The monoisotopic (exact) mass is 250 g/mol. The lowest BCUT2D eigenvalue weighted by molar-refractivity contribution is -0.116. The smallest absolute Gasteiger partial charge is 0.152 e.